The number of fused-ring (bicyclic) bond motifs is 3. The molecule has 2 aliphatic heterocycles. The summed E-state index contributed by atoms with van der Waals surface area (Å²) in [7, 11) is 0. The van der Waals surface area contributed by atoms with Crippen LogP contribution in [0.5, 0.6) is 0 Å². The Labute approximate surface area is 204 Å². The third-order valence-corrected chi connectivity index (χ3v) is 7.32. The molecule has 2 aliphatic rings. The molecule has 1 saturated heterocycles. The van der Waals surface area contributed by atoms with Crippen molar-refractivity contribution in [1.82, 2.24) is 14.4 Å². The molecule has 0 bridgehead atoms. The Balaban J connectivity index is 1.79. The minimum Gasteiger partial charge on any atom is -0.444 e. The van der Waals surface area contributed by atoms with Crippen molar-refractivity contribution < 1.29 is 14.3 Å². The van der Waals surface area contributed by atoms with E-state index in [0.717, 1.165) is 57.4 Å². The SMILES string of the molecule is CCCCCn1c2c(c3ccccc31)C[C@@](C)(C(=O)N1CCCCC1)N(C(=O)OC(C)(C)C)C2. The van der Waals surface area contributed by atoms with Crippen molar-refractivity contribution in [2.24, 2.45) is 0 Å². The van der Waals surface area contributed by atoms with E-state index in [2.05, 4.69) is 35.8 Å². The average Bonchev–Trinajstić information content (AvgIpc) is 3.10. The largest absolute Gasteiger partial charge is 0.444 e. The predicted molar refractivity (Wildman–Crippen MR) is 136 cm³/mol. The van der Waals surface area contributed by atoms with Gasteiger partial charge < -0.3 is 14.2 Å². The van der Waals surface area contributed by atoms with Crippen molar-refractivity contribution in [2.45, 2.75) is 104 Å². The van der Waals surface area contributed by atoms with Gasteiger partial charge in [0, 0.05) is 42.7 Å². The van der Waals surface area contributed by atoms with Gasteiger partial charge in [-0.2, -0.15) is 0 Å². The van der Waals surface area contributed by atoms with Crippen LogP contribution in [0.4, 0.5) is 4.79 Å². The molecular weight excluding hydrogens is 426 g/mol. The quantitative estimate of drug-likeness (QED) is 0.515. The number of nitrogens with zero attached hydrogens (tertiary/aromatic N) is 3. The van der Waals surface area contributed by atoms with E-state index >= 15 is 0 Å². The maximum atomic E-state index is 14.0. The van der Waals surface area contributed by atoms with Crippen LogP contribution in [0.1, 0.15) is 84.4 Å². The minimum absolute atomic E-state index is 0.0477. The number of piperidine rings is 1. The lowest BCUT2D eigenvalue weighted by Gasteiger charge is -2.46. The standard InChI is InChI=1S/C28H41N3O3/c1-6-7-11-18-30-23-15-10-9-14-21(23)22-19-28(5,25(32)29-16-12-8-13-17-29)31(20-24(22)30)26(33)34-27(2,3)4/h9-10,14-15H,6-8,11-13,16-20H2,1-5H3/t28-/m0/s1. The smallest absolute Gasteiger partial charge is 0.411 e. The molecule has 0 aliphatic carbocycles. The molecule has 1 fully saturated rings. The Kier molecular flexibility index (Phi) is 6.97. The Bertz CT molecular complexity index is 1050. The fourth-order valence-electron chi connectivity index (χ4n) is 5.56. The van der Waals surface area contributed by atoms with E-state index in [1.807, 2.05) is 32.6 Å². The number of hydrogen-bond acceptors (Lipinski definition) is 3. The summed E-state index contributed by atoms with van der Waals surface area (Å²) in [5.41, 5.74) is 1.96. The molecule has 186 valence electrons. The molecular formula is C28H41N3O3. The van der Waals surface area contributed by atoms with Crippen LogP contribution in [0.25, 0.3) is 10.9 Å². The molecule has 0 unspecified atom stereocenters. The number of aromatic nitrogens is 1. The van der Waals surface area contributed by atoms with Gasteiger partial charge in [0.05, 0.1) is 6.54 Å². The normalized spacial score (nSPS) is 21.0. The van der Waals surface area contributed by atoms with Gasteiger partial charge in [0.25, 0.3) is 0 Å². The second kappa shape index (κ2) is 9.63. The number of carbonyl (C=O) groups excluding carboxylic acids is 2. The van der Waals surface area contributed by atoms with Gasteiger partial charge in [0.1, 0.15) is 11.1 Å². The van der Waals surface area contributed by atoms with Crippen LogP contribution in [0.15, 0.2) is 24.3 Å². The van der Waals surface area contributed by atoms with E-state index in [4.69, 9.17) is 4.74 Å². The summed E-state index contributed by atoms with van der Waals surface area (Å²) in [4.78, 5) is 31.2. The maximum absolute atomic E-state index is 14.0. The maximum Gasteiger partial charge on any atom is 0.411 e. The Morgan fingerprint density at radius 1 is 1.06 bits per heavy atom. The van der Waals surface area contributed by atoms with Gasteiger partial charge >= 0.3 is 6.09 Å². The van der Waals surface area contributed by atoms with Crippen molar-refractivity contribution in [2.75, 3.05) is 13.1 Å². The third-order valence-electron chi connectivity index (χ3n) is 7.32. The van der Waals surface area contributed by atoms with Crippen LogP contribution >= 0.6 is 0 Å². The van der Waals surface area contributed by atoms with Gasteiger partial charge in [-0.25, -0.2) is 4.79 Å². The zero-order valence-electron chi connectivity index (χ0n) is 21.7. The second-order valence-corrected chi connectivity index (χ2v) is 11.2. The van der Waals surface area contributed by atoms with E-state index in [9.17, 15) is 9.59 Å². The van der Waals surface area contributed by atoms with Gasteiger partial charge in [0.15, 0.2) is 0 Å². The summed E-state index contributed by atoms with van der Waals surface area (Å²) >= 11 is 0. The highest BCUT2D eigenvalue weighted by Crippen LogP contribution is 2.39. The van der Waals surface area contributed by atoms with E-state index in [1.54, 1.807) is 4.90 Å². The van der Waals surface area contributed by atoms with Crippen molar-refractivity contribution in [3.8, 4) is 0 Å². The van der Waals surface area contributed by atoms with Crippen LogP contribution in [0, 0.1) is 0 Å². The summed E-state index contributed by atoms with van der Waals surface area (Å²) < 4.78 is 8.22. The average molecular weight is 468 g/mol. The van der Waals surface area contributed by atoms with Gasteiger partial charge in [-0.05, 0) is 65.0 Å². The first-order valence-electron chi connectivity index (χ1n) is 13.0. The summed E-state index contributed by atoms with van der Waals surface area (Å²) in [5.74, 6) is 0.0477. The summed E-state index contributed by atoms with van der Waals surface area (Å²) in [5, 5.41) is 1.20. The molecule has 0 saturated carbocycles. The van der Waals surface area contributed by atoms with Gasteiger partial charge in [-0.15, -0.1) is 0 Å². The molecule has 3 heterocycles. The number of hydrogen-bond donors (Lipinski definition) is 0. The van der Waals surface area contributed by atoms with Crippen LogP contribution < -0.4 is 0 Å². The molecule has 4 rings (SSSR count). The number of amides is 2. The van der Waals surface area contributed by atoms with E-state index in [-0.39, 0.29) is 5.91 Å². The molecule has 34 heavy (non-hydrogen) atoms. The lowest BCUT2D eigenvalue weighted by molar-refractivity contribution is -0.145. The Morgan fingerprint density at radius 2 is 1.76 bits per heavy atom. The van der Waals surface area contributed by atoms with Crippen molar-refractivity contribution >= 4 is 22.9 Å². The molecule has 0 N–H and O–H groups in total. The number of carbonyl (C=O) groups is 2. The summed E-state index contributed by atoms with van der Waals surface area (Å²) in [6, 6.07) is 8.48. The van der Waals surface area contributed by atoms with Crippen LogP contribution in [0.3, 0.4) is 0 Å². The number of ether oxygens (including phenoxy) is 1. The third kappa shape index (κ3) is 4.69. The summed E-state index contributed by atoms with van der Waals surface area (Å²) in [6.07, 6.45) is 6.74. The van der Waals surface area contributed by atoms with Crippen molar-refractivity contribution in [3.05, 3.63) is 35.5 Å². The molecule has 2 amide bonds. The highest BCUT2D eigenvalue weighted by molar-refractivity contribution is 5.93. The van der Waals surface area contributed by atoms with Gasteiger partial charge in [-0.3, -0.25) is 9.69 Å². The van der Waals surface area contributed by atoms with Crippen LogP contribution in [-0.2, 0) is 29.0 Å². The molecule has 1 aromatic carbocycles. The fourth-order valence-corrected chi connectivity index (χ4v) is 5.56. The Morgan fingerprint density at radius 3 is 2.44 bits per heavy atom. The van der Waals surface area contributed by atoms with Crippen LogP contribution in [-0.4, -0.2) is 50.6 Å². The van der Waals surface area contributed by atoms with Gasteiger partial charge in [0.2, 0.25) is 5.91 Å². The Hall–Kier alpha value is -2.50. The zero-order chi connectivity index (χ0) is 24.5. The number of rotatable bonds is 5. The second-order valence-electron chi connectivity index (χ2n) is 11.2. The molecule has 0 spiro atoms. The monoisotopic (exact) mass is 467 g/mol. The molecule has 1 aromatic heterocycles. The lowest BCUT2D eigenvalue weighted by Crippen LogP contribution is -2.63. The van der Waals surface area contributed by atoms with Gasteiger partial charge in [-0.1, -0.05) is 38.0 Å². The van der Waals surface area contributed by atoms with E-state index in [1.165, 1.54) is 22.9 Å². The number of likely N-dealkylation sites (tertiary alicyclic amines) is 1. The summed E-state index contributed by atoms with van der Waals surface area (Å²) in [6.45, 7) is 12.6. The number of para-hydroxylation sites is 1. The first-order chi connectivity index (χ1) is 16.2. The minimum atomic E-state index is -0.967. The van der Waals surface area contributed by atoms with E-state index in [0.29, 0.717) is 13.0 Å². The lowest BCUT2D eigenvalue weighted by atomic mass is 9.84. The van der Waals surface area contributed by atoms with E-state index < -0.39 is 17.2 Å². The fraction of sp³-hybridized carbons (Fsp3) is 0.643. The topological polar surface area (TPSA) is 54.8 Å². The molecule has 2 aromatic rings. The van der Waals surface area contributed by atoms with Crippen LogP contribution in [0.2, 0.25) is 0 Å². The highest BCUT2D eigenvalue weighted by Gasteiger charge is 2.50. The molecule has 1 atom stereocenters. The predicted octanol–water partition coefficient (Wildman–Crippen LogP) is 5.90. The molecule has 0 radical (unpaired) electrons. The number of aryl methyl sites for hydroxylation is 1. The first-order valence-corrected chi connectivity index (χ1v) is 13.0. The number of unbranched alkanes of at least 4 members (excludes halogenated alkanes) is 2. The molecule has 6 heteroatoms. The van der Waals surface area contributed by atoms with Crippen molar-refractivity contribution in [1.29, 1.82) is 0 Å². The van der Waals surface area contributed by atoms with Crippen molar-refractivity contribution in [3.63, 3.8) is 0 Å². The first kappa shape index (κ1) is 24.6. The zero-order valence-corrected chi connectivity index (χ0v) is 21.7. The number of benzene rings is 1. The molecule has 6 nitrogen and oxygen atoms in total. The highest BCUT2D eigenvalue weighted by atomic mass is 16.6.